The average molecular weight is 259 g/mol. The number of nitrogens with one attached hydrogen (secondary N) is 1. The normalized spacial score (nSPS) is 10.2. The van der Waals surface area contributed by atoms with Crippen LogP contribution in [0.15, 0.2) is 35.4 Å². The smallest absolute Gasteiger partial charge is 0.341 e. The maximum Gasteiger partial charge on any atom is 0.341 e. The van der Waals surface area contributed by atoms with Crippen molar-refractivity contribution in [2.24, 2.45) is 0 Å². The first-order chi connectivity index (χ1) is 9.04. The first-order valence-electron chi connectivity index (χ1n) is 5.64. The van der Waals surface area contributed by atoms with Gasteiger partial charge < -0.3 is 14.8 Å². The number of aromatic amines is 1. The first-order valence-corrected chi connectivity index (χ1v) is 5.64. The maximum atomic E-state index is 12.0. The van der Waals surface area contributed by atoms with Crippen LogP contribution in [0.2, 0.25) is 0 Å². The van der Waals surface area contributed by atoms with E-state index in [0.717, 1.165) is 11.3 Å². The Hall–Kier alpha value is -2.56. The summed E-state index contributed by atoms with van der Waals surface area (Å²) in [7, 11) is 1.57. The highest BCUT2D eigenvalue weighted by atomic mass is 16.5. The van der Waals surface area contributed by atoms with Crippen molar-refractivity contribution in [3.8, 4) is 16.9 Å². The SMILES string of the molecule is COc1ccc(-c2c[nH]cc(C(=O)O)c2=O)cc1C. The van der Waals surface area contributed by atoms with Gasteiger partial charge in [0.1, 0.15) is 11.3 Å². The molecule has 0 spiro atoms. The minimum Gasteiger partial charge on any atom is -0.496 e. The second-order valence-electron chi connectivity index (χ2n) is 4.10. The number of rotatable bonds is 3. The third-order valence-electron chi connectivity index (χ3n) is 2.88. The van der Waals surface area contributed by atoms with E-state index in [-0.39, 0.29) is 5.56 Å². The Kier molecular flexibility index (Phi) is 3.37. The van der Waals surface area contributed by atoms with Crippen LogP contribution in [0.1, 0.15) is 15.9 Å². The van der Waals surface area contributed by atoms with E-state index in [4.69, 9.17) is 9.84 Å². The molecule has 0 aliphatic heterocycles. The lowest BCUT2D eigenvalue weighted by Gasteiger charge is -2.07. The Morgan fingerprint density at radius 1 is 1.32 bits per heavy atom. The number of aromatic carboxylic acids is 1. The topological polar surface area (TPSA) is 79.4 Å². The lowest BCUT2D eigenvalue weighted by molar-refractivity contribution is 0.0695. The Labute approximate surface area is 109 Å². The molecule has 0 unspecified atom stereocenters. The van der Waals surface area contributed by atoms with E-state index in [1.165, 1.54) is 12.4 Å². The summed E-state index contributed by atoms with van der Waals surface area (Å²) < 4.78 is 5.15. The standard InChI is InChI=1S/C14H13NO4/c1-8-5-9(3-4-12(8)19-2)10-6-15-7-11(13(10)16)14(17)18/h3-7H,1-2H3,(H,15,16)(H,17,18). The van der Waals surface area contributed by atoms with E-state index in [0.29, 0.717) is 11.1 Å². The maximum absolute atomic E-state index is 12.0. The number of carboxylic acids is 1. The molecule has 0 saturated carbocycles. The Morgan fingerprint density at radius 3 is 2.63 bits per heavy atom. The average Bonchev–Trinajstić information content (AvgIpc) is 2.38. The monoisotopic (exact) mass is 259 g/mol. The highest BCUT2D eigenvalue weighted by molar-refractivity contribution is 5.88. The van der Waals surface area contributed by atoms with Crippen molar-refractivity contribution in [3.63, 3.8) is 0 Å². The summed E-state index contributed by atoms with van der Waals surface area (Å²) in [4.78, 5) is 25.7. The zero-order valence-corrected chi connectivity index (χ0v) is 10.6. The number of hydrogen-bond donors (Lipinski definition) is 2. The van der Waals surface area contributed by atoms with Gasteiger partial charge in [0.05, 0.1) is 7.11 Å². The minimum absolute atomic E-state index is 0.272. The van der Waals surface area contributed by atoms with E-state index in [1.807, 2.05) is 6.92 Å². The first kappa shape index (κ1) is 12.9. The largest absolute Gasteiger partial charge is 0.496 e. The lowest BCUT2D eigenvalue weighted by atomic mass is 10.0. The van der Waals surface area contributed by atoms with Gasteiger partial charge in [-0.25, -0.2) is 4.79 Å². The number of methoxy groups -OCH3 is 1. The van der Waals surface area contributed by atoms with Crippen molar-refractivity contribution < 1.29 is 14.6 Å². The third-order valence-corrected chi connectivity index (χ3v) is 2.88. The number of carbonyl (C=O) groups is 1. The zero-order chi connectivity index (χ0) is 14.0. The molecule has 1 heterocycles. The molecule has 5 nitrogen and oxygen atoms in total. The Bertz CT molecular complexity index is 688. The van der Waals surface area contributed by atoms with Gasteiger partial charge in [0.25, 0.3) is 0 Å². The van der Waals surface area contributed by atoms with Gasteiger partial charge in [-0.3, -0.25) is 4.79 Å². The summed E-state index contributed by atoms with van der Waals surface area (Å²) in [5, 5.41) is 8.93. The molecule has 0 radical (unpaired) electrons. The number of pyridine rings is 1. The highest BCUT2D eigenvalue weighted by Crippen LogP contribution is 2.23. The van der Waals surface area contributed by atoms with Crippen molar-refractivity contribution in [1.82, 2.24) is 4.98 Å². The molecule has 1 aromatic heterocycles. The molecule has 19 heavy (non-hydrogen) atoms. The molecule has 1 aromatic carbocycles. The zero-order valence-electron chi connectivity index (χ0n) is 10.6. The third kappa shape index (κ3) is 2.35. The molecule has 2 rings (SSSR count). The van der Waals surface area contributed by atoms with Gasteiger partial charge in [0, 0.05) is 18.0 Å². The molecule has 0 amide bonds. The van der Waals surface area contributed by atoms with Crippen molar-refractivity contribution in [1.29, 1.82) is 0 Å². The summed E-state index contributed by atoms with van der Waals surface area (Å²) in [6.45, 7) is 1.86. The molecule has 0 fully saturated rings. The molecule has 5 heteroatoms. The summed E-state index contributed by atoms with van der Waals surface area (Å²) in [6.07, 6.45) is 2.68. The van der Waals surface area contributed by atoms with Crippen LogP contribution in [0, 0.1) is 6.92 Å². The molecule has 0 saturated heterocycles. The number of benzene rings is 1. The van der Waals surface area contributed by atoms with Crippen LogP contribution in [0.25, 0.3) is 11.1 Å². The number of aromatic nitrogens is 1. The van der Waals surface area contributed by atoms with Gasteiger partial charge in [0.15, 0.2) is 0 Å². The van der Waals surface area contributed by atoms with E-state index < -0.39 is 11.4 Å². The number of hydrogen-bond acceptors (Lipinski definition) is 3. The second-order valence-corrected chi connectivity index (χ2v) is 4.10. The van der Waals surface area contributed by atoms with Gasteiger partial charge in [-0.1, -0.05) is 6.07 Å². The van der Waals surface area contributed by atoms with Gasteiger partial charge in [-0.2, -0.15) is 0 Å². The van der Waals surface area contributed by atoms with E-state index in [1.54, 1.807) is 25.3 Å². The fraction of sp³-hybridized carbons (Fsp3) is 0.143. The molecule has 0 atom stereocenters. The van der Waals surface area contributed by atoms with Crippen LogP contribution in [-0.4, -0.2) is 23.2 Å². The predicted molar refractivity (Wildman–Crippen MR) is 70.7 cm³/mol. The summed E-state index contributed by atoms with van der Waals surface area (Å²) in [6, 6.07) is 5.26. The summed E-state index contributed by atoms with van der Waals surface area (Å²) >= 11 is 0. The quantitative estimate of drug-likeness (QED) is 0.884. The van der Waals surface area contributed by atoms with Gasteiger partial charge in [-0.05, 0) is 30.2 Å². The van der Waals surface area contributed by atoms with E-state index in [2.05, 4.69) is 4.98 Å². The van der Waals surface area contributed by atoms with Crippen LogP contribution in [0.5, 0.6) is 5.75 Å². The molecule has 0 aliphatic rings. The minimum atomic E-state index is -1.24. The molecule has 2 aromatic rings. The van der Waals surface area contributed by atoms with Gasteiger partial charge >= 0.3 is 5.97 Å². The second kappa shape index (κ2) is 4.97. The molecular weight excluding hydrogens is 246 g/mol. The molecular formula is C14H13NO4. The fourth-order valence-corrected chi connectivity index (χ4v) is 1.90. The Balaban J connectivity index is 2.60. The van der Waals surface area contributed by atoms with Crippen molar-refractivity contribution >= 4 is 5.97 Å². The van der Waals surface area contributed by atoms with Crippen molar-refractivity contribution in [3.05, 3.63) is 51.9 Å². The fourth-order valence-electron chi connectivity index (χ4n) is 1.90. The van der Waals surface area contributed by atoms with Crippen molar-refractivity contribution in [2.45, 2.75) is 6.92 Å². The van der Waals surface area contributed by atoms with E-state index >= 15 is 0 Å². The number of ether oxygens (including phenoxy) is 1. The van der Waals surface area contributed by atoms with Crippen LogP contribution in [-0.2, 0) is 0 Å². The number of carboxylic acid groups (broad SMARTS) is 1. The molecule has 2 N–H and O–H groups in total. The number of H-pyrrole nitrogens is 1. The molecule has 0 bridgehead atoms. The molecule has 98 valence electrons. The van der Waals surface area contributed by atoms with Gasteiger partial charge in [0.2, 0.25) is 5.43 Å². The Morgan fingerprint density at radius 2 is 2.05 bits per heavy atom. The lowest BCUT2D eigenvalue weighted by Crippen LogP contribution is -2.16. The molecule has 0 aliphatic carbocycles. The summed E-state index contributed by atoms with van der Waals surface area (Å²) in [5.41, 5.74) is 1.08. The summed E-state index contributed by atoms with van der Waals surface area (Å²) in [5.74, 6) is -0.525. The van der Waals surface area contributed by atoms with E-state index in [9.17, 15) is 9.59 Å². The van der Waals surface area contributed by atoms with Crippen LogP contribution < -0.4 is 10.2 Å². The van der Waals surface area contributed by atoms with Crippen molar-refractivity contribution in [2.75, 3.05) is 7.11 Å². The van der Waals surface area contributed by atoms with Gasteiger partial charge in [-0.15, -0.1) is 0 Å². The van der Waals surface area contributed by atoms with Crippen LogP contribution >= 0.6 is 0 Å². The van der Waals surface area contributed by atoms with Crippen LogP contribution in [0.4, 0.5) is 0 Å². The predicted octanol–water partition coefficient (Wildman–Crippen LogP) is 2.06. The van der Waals surface area contributed by atoms with Crippen LogP contribution in [0.3, 0.4) is 0 Å². The number of aryl methyl sites for hydroxylation is 1. The highest BCUT2D eigenvalue weighted by Gasteiger charge is 2.13.